The van der Waals surface area contributed by atoms with Gasteiger partial charge >= 0.3 is 0 Å². The van der Waals surface area contributed by atoms with Crippen molar-refractivity contribution >= 4 is 11.6 Å². The van der Waals surface area contributed by atoms with Crippen LogP contribution in [0.1, 0.15) is 18.1 Å². The third-order valence-electron chi connectivity index (χ3n) is 3.77. The van der Waals surface area contributed by atoms with E-state index in [4.69, 9.17) is 5.73 Å². The Balaban J connectivity index is 1.73. The number of nitrogens with zero attached hydrogens (tertiary/aromatic N) is 3. The summed E-state index contributed by atoms with van der Waals surface area (Å²) in [6.45, 7) is 2.62. The first-order valence-electron chi connectivity index (χ1n) is 8.00. The summed E-state index contributed by atoms with van der Waals surface area (Å²) in [5.74, 6) is 0.401. The Morgan fingerprint density at radius 1 is 1.17 bits per heavy atom. The molecule has 0 saturated carbocycles. The molecule has 0 fully saturated rings. The third-order valence-corrected chi connectivity index (χ3v) is 3.77. The Bertz CT molecular complexity index is 821. The molecule has 3 aromatic rings. The highest BCUT2D eigenvalue weighted by Crippen LogP contribution is 2.15. The van der Waals surface area contributed by atoms with E-state index in [2.05, 4.69) is 34.5 Å². The Labute approximate surface area is 141 Å². The lowest BCUT2D eigenvalue weighted by Gasteiger charge is -2.09. The topological polar surface area (TPSA) is 68.2 Å². The smallest absolute Gasteiger partial charge is 0.193 e. The van der Waals surface area contributed by atoms with E-state index in [-0.39, 0.29) is 0 Å². The molecule has 0 aliphatic carbocycles. The number of aliphatic imine (C=N–C) groups is 1. The van der Waals surface area contributed by atoms with Crippen LogP contribution in [0, 0.1) is 0 Å². The minimum absolute atomic E-state index is 0.401. The molecule has 0 radical (unpaired) electrons. The zero-order valence-corrected chi connectivity index (χ0v) is 13.7. The highest BCUT2D eigenvalue weighted by atomic mass is 15.3. The molecule has 0 atom stereocenters. The van der Waals surface area contributed by atoms with E-state index in [9.17, 15) is 0 Å². The van der Waals surface area contributed by atoms with Gasteiger partial charge in [0.1, 0.15) is 0 Å². The highest BCUT2D eigenvalue weighted by Gasteiger charge is 2.04. The van der Waals surface area contributed by atoms with E-state index in [0.717, 1.165) is 23.4 Å². The van der Waals surface area contributed by atoms with Crippen LogP contribution in [0.25, 0.3) is 5.69 Å². The van der Waals surface area contributed by atoms with Gasteiger partial charge in [-0.1, -0.05) is 37.3 Å². The van der Waals surface area contributed by atoms with E-state index >= 15 is 0 Å². The van der Waals surface area contributed by atoms with E-state index < -0.39 is 0 Å². The summed E-state index contributed by atoms with van der Waals surface area (Å²) in [5, 5.41) is 7.43. The standard InChI is InChI=1S/C19H21N5/c1-2-15-7-5-9-17(13-15)23-19(20)21-14-16-8-3-4-10-18(16)24-12-6-11-22-24/h3-13H,2,14H2,1H3,(H3,20,21,23). The molecule has 2 aromatic carbocycles. The van der Waals surface area contributed by atoms with Crippen molar-refractivity contribution in [2.24, 2.45) is 10.7 Å². The van der Waals surface area contributed by atoms with Gasteiger partial charge in [-0.25, -0.2) is 9.67 Å². The van der Waals surface area contributed by atoms with Crippen LogP contribution >= 0.6 is 0 Å². The molecule has 24 heavy (non-hydrogen) atoms. The van der Waals surface area contributed by atoms with Crippen molar-refractivity contribution in [2.75, 3.05) is 5.32 Å². The van der Waals surface area contributed by atoms with Crippen molar-refractivity contribution < 1.29 is 0 Å². The second kappa shape index (κ2) is 7.46. The fraction of sp³-hybridized carbons (Fsp3) is 0.158. The van der Waals surface area contributed by atoms with Crippen LogP contribution in [0.15, 0.2) is 72.0 Å². The fourth-order valence-electron chi connectivity index (χ4n) is 2.51. The van der Waals surface area contributed by atoms with Gasteiger partial charge in [0.2, 0.25) is 0 Å². The molecule has 3 N–H and O–H groups in total. The Hall–Kier alpha value is -3.08. The van der Waals surface area contributed by atoms with Crippen molar-refractivity contribution in [1.29, 1.82) is 0 Å². The first kappa shape index (κ1) is 15.8. The van der Waals surface area contributed by atoms with Gasteiger partial charge in [0.15, 0.2) is 5.96 Å². The maximum Gasteiger partial charge on any atom is 0.193 e. The van der Waals surface area contributed by atoms with Crippen molar-refractivity contribution in [3.8, 4) is 5.69 Å². The molecular weight excluding hydrogens is 298 g/mol. The third kappa shape index (κ3) is 3.81. The number of hydrogen-bond donors (Lipinski definition) is 2. The molecule has 5 nitrogen and oxygen atoms in total. The Morgan fingerprint density at radius 2 is 2.04 bits per heavy atom. The van der Waals surface area contributed by atoms with Crippen molar-refractivity contribution in [1.82, 2.24) is 9.78 Å². The number of nitrogens with two attached hydrogens (primary N) is 1. The van der Waals surface area contributed by atoms with Crippen molar-refractivity contribution in [3.63, 3.8) is 0 Å². The first-order valence-corrected chi connectivity index (χ1v) is 8.00. The molecule has 1 heterocycles. The quantitative estimate of drug-likeness (QED) is 0.560. The average molecular weight is 319 g/mol. The molecule has 0 unspecified atom stereocenters. The van der Waals surface area contributed by atoms with Gasteiger partial charge in [-0.15, -0.1) is 0 Å². The molecule has 3 rings (SSSR count). The van der Waals surface area contributed by atoms with Crippen LogP contribution < -0.4 is 11.1 Å². The summed E-state index contributed by atoms with van der Waals surface area (Å²) in [5.41, 5.74) is 10.3. The number of guanidine groups is 1. The van der Waals surface area contributed by atoms with Gasteiger partial charge in [-0.3, -0.25) is 0 Å². The number of rotatable bonds is 5. The largest absolute Gasteiger partial charge is 0.370 e. The maximum absolute atomic E-state index is 6.03. The Kier molecular flexibility index (Phi) is 4.91. The SMILES string of the molecule is CCc1cccc(NC(N)=NCc2ccccc2-n2cccn2)c1. The molecule has 5 heteroatoms. The van der Waals surface area contributed by atoms with Crippen LogP contribution in [-0.4, -0.2) is 15.7 Å². The second-order valence-corrected chi connectivity index (χ2v) is 5.46. The molecule has 0 aliphatic heterocycles. The maximum atomic E-state index is 6.03. The highest BCUT2D eigenvalue weighted by molar-refractivity contribution is 5.92. The zero-order chi connectivity index (χ0) is 16.8. The fourth-order valence-corrected chi connectivity index (χ4v) is 2.51. The van der Waals surface area contributed by atoms with Gasteiger partial charge in [-0.05, 0) is 41.8 Å². The average Bonchev–Trinajstić information content (AvgIpc) is 3.15. The number of benzene rings is 2. The van der Waals surface area contributed by atoms with Gasteiger partial charge in [0.05, 0.1) is 12.2 Å². The van der Waals surface area contributed by atoms with Gasteiger partial charge in [-0.2, -0.15) is 5.10 Å². The Morgan fingerprint density at radius 3 is 2.83 bits per heavy atom. The summed E-state index contributed by atoms with van der Waals surface area (Å²) in [6, 6.07) is 18.1. The lowest BCUT2D eigenvalue weighted by atomic mass is 10.1. The normalized spacial score (nSPS) is 11.5. The van der Waals surface area contributed by atoms with E-state index in [1.165, 1.54) is 5.56 Å². The van der Waals surface area contributed by atoms with E-state index in [1.807, 2.05) is 53.3 Å². The van der Waals surface area contributed by atoms with E-state index in [0.29, 0.717) is 12.5 Å². The van der Waals surface area contributed by atoms with Gasteiger partial charge in [0, 0.05) is 18.1 Å². The number of aryl methyl sites for hydroxylation is 1. The van der Waals surface area contributed by atoms with Crippen molar-refractivity contribution in [3.05, 3.63) is 78.1 Å². The van der Waals surface area contributed by atoms with Gasteiger partial charge in [0.25, 0.3) is 0 Å². The molecule has 0 bridgehead atoms. The van der Waals surface area contributed by atoms with Crippen molar-refractivity contribution in [2.45, 2.75) is 19.9 Å². The van der Waals surface area contributed by atoms with Gasteiger partial charge < -0.3 is 11.1 Å². The molecule has 0 aliphatic rings. The number of hydrogen-bond acceptors (Lipinski definition) is 2. The minimum Gasteiger partial charge on any atom is -0.370 e. The number of aromatic nitrogens is 2. The predicted octanol–water partition coefficient (Wildman–Crippen LogP) is 3.36. The summed E-state index contributed by atoms with van der Waals surface area (Å²) in [6.07, 6.45) is 4.67. The minimum atomic E-state index is 0.401. The van der Waals surface area contributed by atoms with Crippen LogP contribution in [0.3, 0.4) is 0 Å². The predicted molar refractivity (Wildman–Crippen MR) is 98.3 cm³/mol. The second-order valence-electron chi connectivity index (χ2n) is 5.46. The molecule has 0 saturated heterocycles. The molecule has 122 valence electrons. The molecule has 0 amide bonds. The summed E-state index contributed by atoms with van der Waals surface area (Å²) in [7, 11) is 0. The molecule has 1 aromatic heterocycles. The van der Waals surface area contributed by atoms with Crippen LogP contribution in [0.5, 0.6) is 0 Å². The van der Waals surface area contributed by atoms with E-state index in [1.54, 1.807) is 6.20 Å². The summed E-state index contributed by atoms with van der Waals surface area (Å²) < 4.78 is 1.83. The monoisotopic (exact) mass is 319 g/mol. The zero-order valence-electron chi connectivity index (χ0n) is 13.7. The number of anilines is 1. The number of para-hydroxylation sites is 1. The summed E-state index contributed by atoms with van der Waals surface area (Å²) in [4.78, 5) is 4.46. The van der Waals surface area contributed by atoms with Crippen LogP contribution in [0.4, 0.5) is 5.69 Å². The summed E-state index contributed by atoms with van der Waals surface area (Å²) >= 11 is 0. The lowest BCUT2D eigenvalue weighted by Crippen LogP contribution is -2.22. The first-order chi connectivity index (χ1) is 11.8. The molecule has 0 spiro atoms. The number of nitrogens with one attached hydrogen (secondary N) is 1. The lowest BCUT2D eigenvalue weighted by molar-refractivity contribution is 0.858. The van der Waals surface area contributed by atoms with Crippen LogP contribution in [0.2, 0.25) is 0 Å². The molecular formula is C19H21N5. The van der Waals surface area contributed by atoms with Crippen LogP contribution in [-0.2, 0) is 13.0 Å².